The van der Waals surface area contributed by atoms with Gasteiger partial charge in [0.2, 0.25) is 0 Å². The first kappa shape index (κ1) is 16.8. The van der Waals surface area contributed by atoms with Crippen molar-refractivity contribution < 1.29 is 9.47 Å². The number of aromatic nitrogens is 2. The maximum Gasteiger partial charge on any atom is 0.152 e. The molecular weight excluding hydrogens is 364 g/mol. The van der Waals surface area contributed by atoms with E-state index in [0.29, 0.717) is 0 Å². The summed E-state index contributed by atoms with van der Waals surface area (Å²) in [6.45, 7) is 0. The first-order valence-corrected chi connectivity index (χ1v) is 9.73. The molecule has 0 saturated heterocycles. The highest BCUT2D eigenvalue weighted by molar-refractivity contribution is 7.20. The fourth-order valence-electron chi connectivity index (χ4n) is 2.55. The van der Waals surface area contributed by atoms with Crippen LogP contribution < -0.4 is 9.47 Å². The Morgan fingerprint density at radius 2 is 1.31 bits per heavy atom. The maximum atomic E-state index is 5.29. The van der Waals surface area contributed by atoms with Crippen molar-refractivity contribution >= 4 is 22.7 Å². The largest absolute Gasteiger partial charge is 0.497 e. The Kier molecular flexibility index (Phi) is 4.69. The van der Waals surface area contributed by atoms with Gasteiger partial charge in [0.25, 0.3) is 0 Å². The third-order valence-electron chi connectivity index (χ3n) is 3.94. The summed E-state index contributed by atoms with van der Waals surface area (Å²) in [4.78, 5) is 9.50. The lowest BCUT2D eigenvalue weighted by Crippen LogP contribution is -1.84. The monoisotopic (exact) mass is 380 g/mol. The number of hydrogen-bond donors (Lipinski definition) is 0. The molecule has 130 valence electrons. The molecular formula is C20H16N2O2S2. The average Bonchev–Trinajstić information content (AvgIpc) is 3.38. The molecule has 0 spiro atoms. The summed E-state index contributed by atoms with van der Waals surface area (Å²) in [5.41, 5.74) is 3.99. The fourth-order valence-corrected chi connectivity index (χ4v) is 4.26. The highest BCUT2D eigenvalue weighted by Gasteiger charge is 2.12. The number of methoxy groups -OCH3 is 2. The van der Waals surface area contributed by atoms with Crippen molar-refractivity contribution in [3.8, 4) is 44.0 Å². The average molecular weight is 380 g/mol. The Morgan fingerprint density at radius 3 is 1.92 bits per heavy atom. The van der Waals surface area contributed by atoms with Crippen LogP contribution in [0.1, 0.15) is 0 Å². The molecule has 0 fully saturated rings. The molecule has 2 aromatic heterocycles. The van der Waals surface area contributed by atoms with E-state index in [1.165, 1.54) is 0 Å². The zero-order chi connectivity index (χ0) is 17.9. The van der Waals surface area contributed by atoms with E-state index in [2.05, 4.69) is 10.8 Å². The molecule has 0 radical (unpaired) electrons. The van der Waals surface area contributed by atoms with Crippen LogP contribution in [0.15, 0.2) is 59.3 Å². The van der Waals surface area contributed by atoms with E-state index in [0.717, 1.165) is 44.0 Å². The van der Waals surface area contributed by atoms with Crippen LogP contribution in [-0.4, -0.2) is 24.2 Å². The summed E-state index contributed by atoms with van der Waals surface area (Å²) in [6, 6.07) is 15.8. The van der Waals surface area contributed by atoms with Crippen molar-refractivity contribution in [3.63, 3.8) is 0 Å². The second-order valence-corrected chi connectivity index (χ2v) is 7.25. The second kappa shape index (κ2) is 7.27. The van der Waals surface area contributed by atoms with Crippen LogP contribution in [-0.2, 0) is 0 Å². The molecule has 4 aromatic rings. The van der Waals surface area contributed by atoms with Crippen LogP contribution in [0.2, 0.25) is 0 Å². The first-order valence-electron chi connectivity index (χ1n) is 7.97. The molecule has 0 unspecified atom stereocenters. The summed E-state index contributed by atoms with van der Waals surface area (Å²) in [6.07, 6.45) is 0. The minimum atomic E-state index is 0.827. The number of ether oxygens (including phenoxy) is 2. The molecule has 6 heteroatoms. The summed E-state index contributed by atoms with van der Waals surface area (Å²) in [7, 11) is 3.33. The molecule has 0 saturated carbocycles. The van der Waals surface area contributed by atoms with Gasteiger partial charge in [-0.25, -0.2) is 9.97 Å². The van der Waals surface area contributed by atoms with Crippen molar-refractivity contribution in [1.29, 1.82) is 0 Å². The number of thiazole rings is 2. The molecule has 26 heavy (non-hydrogen) atoms. The van der Waals surface area contributed by atoms with Gasteiger partial charge in [-0.1, -0.05) is 12.1 Å². The predicted molar refractivity (Wildman–Crippen MR) is 107 cm³/mol. The van der Waals surface area contributed by atoms with Gasteiger partial charge in [-0.05, 0) is 36.4 Å². The second-order valence-electron chi connectivity index (χ2n) is 5.54. The molecule has 4 nitrogen and oxygen atoms in total. The van der Waals surface area contributed by atoms with Crippen LogP contribution in [0.25, 0.3) is 32.5 Å². The van der Waals surface area contributed by atoms with E-state index in [-0.39, 0.29) is 0 Å². The minimum absolute atomic E-state index is 0.827. The Bertz CT molecular complexity index is 1020. The van der Waals surface area contributed by atoms with Crippen molar-refractivity contribution in [1.82, 2.24) is 9.97 Å². The van der Waals surface area contributed by atoms with Gasteiger partial charge in [-0.2, -0.15) is 0 Å². The highest BCUT2D eigenvalue weighted by Crippen LogP contribution is 2.34. The van der Waals surface area contributed by atoms with Gasteiger partial charge >= 0.3 is 0 Å². The summed E-state index contributed by atoms with van der Waals surface area (Å²) < 4.78 is 10.5. The quantitative estimate of drug-likeness (QED) is 0.451. The van der Waals surface area contributed by atoms with Crippen molar-refractivity contribution in [2.24, 2.45) is 0 Å². The SMILES string of the molecule is COc1ccc(-c2csc(-c3nc(-c4cccc(OC)c4)cs3)n2)cc1. The number of nitrogens with zero attached hydrogens (tertiary/aromatic N) is 2. The number of rotatable bonds is 5. The molecule has 0 N–H and O–H groups in total. The molecule has 2 aromatic carbocycles. The van der Waals surface area contributed by atoms with E-state index in [4.69, 9.17) is 19.4 Å². The summed E-state index contributed by atoms with van der Waals surface area (Å²) in [5, 5.41) is 5.96. The van der Waals surface area contributed by atoms with E-state index >= 15 is 0 Å². The van der Waals surface area contributed by atoms with Gasteiger partial charge in [-0.15, -0.1) is 22.7 Å². The molecule has 0 aliphatic heterocycles. The summed E-state index contributed by atoms with van der Waals surface area (Å²) in [5.74, 6) is 1.67. The van der Waals surface area contributed by atoms with E-state index < -0.39 is 0 Å². The van der Waals surface area contributed by atoms with Gasteiger partial charge < -0.3 is 9.47 Å². The van der Waals surface area contributed by atoms with Crippen LogP contribution in [0.5, 0.6) is 11.5 Å². The molecule has 0 atom stereocenters. The smallest absolute Gasteiger partial charge is 0.152 e. The van der Waals surface area contributed by atoms with E-state index in [9.17, 15) is 0 Å². The van der Waals surface area contributed by atoms with Crippen LogP contribution in [0, 0.1) is 0 Å². The van der Waals surface area contributed by atoms with Gasteiger partial charge in [0.05, 0.1) is 25.6 Å². The normalized spacial score (nSPS) is 10.7. The van der Waals surface area contributed by atoms with Crippen molar-refractivity contribution in [3.05, 3.63) is 59.3 Å². The highest BCUT2D eigenvalue weighted by atomic mass is 32.1. The van der Waals surface area contributed by atoms with Gasteiger partial charge in [0.1, 0.15) is 11.5 Å². The zero-order valence-electron chi connectivity index (χ0n) is 14.3. The Labute approximate surface area is 159 Å². The third-order valence-corrected chi connectivity index (χ3v) is 5.77. The Morgan fingerprint density at radius 1 is 0.692 bits per heavy atom. The topological polar surface area (TPSA) is 44.2 Å². The predicted octanol–water partition coefficient (Wildman–Crippen LogP) is 5.62. The Balaban J connectivity index is 1.60. The van der Waals surface area contributed by atoms with Gasteiger partial charge in [0, 0.05) is 21.9 Å². The Hall–Kier alpha value is -2.70. The molecule has 0 bridgehead atoms. The van der Waals surface area contributed by atoms with Crippen LogP contribution >= 0.6 is 22.7 Å². The van der Waals surface area contributed by atoms with Gasteiger partial charge in [-0.3, -0.25) is 0 Å². The van der Waals surface area contributed by atoms with Crippen LogP contribution in [0.4, 0.5) is 0 Å². The number of benzene rings is 2. The van der Waals surface area contributed by atoms with Crippen molar-refractivity contribution in [2.45, 2.75) is 0 Å². The van der Waals surface area contributed by atoms with Gasteiger partial charge in [0.15, 0.2) is 10.0 Å². The first-order chi connectivity index (χ1) is 12.8. The molecule has 0 amide bonds. The standard InChI is InChI=1S/C20H16N2O2S2/c1-23-15-8-6-13(7-9-15)17-11-25-19(21-17)20-22-18(12-26-20)14-4-3-5-16(10-14)24-2/h3-12H,1-2H3. The summed E-state index contributed by atoms with van der Waals surface area (Å²) >= 11 is 3.21. The lowest BCUT2D eigenvalue weighted by atomic mass is 10.2. The minimum Gasteiger partial charge on any atom is -0.497 e. The van der Waals surface area contributed by atoms with Crippen LogP contribution in [0.3, 0.4) is 0 Å². The fraction of sp³-hybridized carbons (Fsp3) is 0.100. The maximum absolute atomic E-state index is 5.29. The molecule has 0 aliphatic rings. The zero-order valence-corrected chi connectivity index (χ0v) is 15.9. The molecule has 2 heterocycles. The van der Waals surface area contributed by atoms with E-state index in [1.54, 1.807) is 36.9 Å². The molecule has 4 rings (SSSR count). The number of hydrogen-bond acceptors (Lipinski definition) is 6. The molecule has 0 aliphatic carbocycles. The lowest BCUT2D eigenvalue weighted by molar-refractivity contribution is 0.415. The lowest BCUT2D eigenvalue weighted by Gasteiger charge is -2.01. The van der Waals surface area contributed by atoms with E-state index in [1.807, 2.05) is 48.5 Å². The third kappa shape index (κ3) is 3.34. The van der Waals surface area contributed by atoms with Crippen molar-refractivity contribution in [2.75, 3.05) is 14.2 Å².